The fraction of sp³-hybridized carbons (Fsp3) is 0.533. The van der Waals surface area contributed by atoms with E-state index in [0.717, 1.165) is 44.7 Å². The lowest BCUT2D eigenvalue weighted by molar-refractivity contribution is 0.0764. The van der Waals surface area contributed by atoms with Gasteiger partial charge in [-0.05, 0) is 18.6 Å². The first-order valence-corrected chi connectivity index (χ1v) is 7.35. The van der Waals surface area contributed by atoms with Gasteiger partial charge in [0.1, 0.15) is 17.2 Å². The first-order chi connectivity index (χ1) is 10.2. The first kappa shape index (κ1) is 14.4. The van der Waals surface area contributed by atoms with Crippen LogP contribution < -0.4 is 5.32 Å². The number of carbonyl (C=O) groups is 1. The maximum atomic E-state index is 13.7. The zero-order chi connectivity index (χ0) is 14.8. The second-order valence-electron chi connectivity index (χ2n) is 5.58. The maximum Gasteiger partial charge on any atom is 0.259 e. The Morgan fingerprint density at radius 1 is 1.14 bits per heavy atom. The van der Waals surface area contributed by atoms with Gasteiger partial charge in [-0.15, -0.1) is 0 Å². The third-order valence-corrected chi connectivity index (χ3v) is 4.30. The van der Waals surface area contributed by atoms with Crippen LogP contribution in [-0.2, 0) is 0 Å². The van der Waals surface area contributed by atoms with Gasteiger partial charge in [0.25, 0.3) is 5.91 Å². The summed E-state index contributed by atoms with van der Waals surface area (Å²) in [6, 6.07) is 3.82. The highest BCUT2D eigenvalue weighted by Crippen LogP contribution is 2.21. The van der Waals surface area contributed by atoms with E-state index in [2.05, 4.69) is 10.2 Å². The number of benzene rings is 1. The van der Waals surface area contributed by atoms with E-state index in [1.54, 1.807) is 4.90 Å². The summed E-state index contributed by atoms with van der Waals surface area (Å²) < 4.78 is 27.4. The van der Waals surface area contributed by atoms with Gasteiger partial charge < -0.3 is 10.2 Å². The molecule has 2 aliphatic rings. The minimum absolute atomic E-state index is 0.297. The molecule has 1 aromatic rings. The molecule has 0 radical (unpaired) electrons. The molecule has 1 N–H and O–H groups in total. The number of hydrogen-bond acceptors (Lipinski definition) is 3. The highest BCUT2D eigenvalue weighted by Gasteiger charge is 2.33. The Kier molecular flexibility index (Phi) is 4.17. The predicted octanol–water partition coefficient (Wildman–Crippen LogP) is 1.08. The number of hydrogen-bond donors (Lipinski definition) is 1. The van der Waals surface area contributed by atoms with Crippen molar-refractivity contribution in [2.45, 2.75) is 12.5 Å². The summed E-state index contributed by atoms with van der Waals surface area (Å²) in [5.41, 5.74) is -0.432. The van der Waals surface area contributed by atoms with Crippen molar-refractivity contribution in [1.29, 1.82) is 0 Å². The van der Waals surface area contributed by atoms with Crippen LogP contribution in [-0.4, -0.2) is 61.0 Å². The Hall–Kier alpha value is -1.53. The predicted molar refractivity (Wildman–Crippen MR) is 75.1 cm³/mol. The number of halogens is 2. The summed E-state index contributed by atoms with van der Waals surface area (Å²) in [6.07, 6.45) is 0.863. The van der Waals surface area contributed by atoms with Gasteiger partial charge >= 0.3 is 0 Å². The van der Waals surface area contributed by atoms with Crippen LogP contribution in [0.3, 0.4) is 0 Å². The summed E-state index contributed by atoms with van der Waals surface area (Å²) in [5.74, 6) is -2.11. The van der Waals surface area contributed by atoms with Crippen molar-refractivity contribution in [2.75, 3.05) is 39.3 Å². The summed E-state index contributed by atoms with van der Waals surface area (Å²) in [7, 11) is 0. The smallest absolute Gasteiger partial charge is 0.259 e. The Morgan fingerprint density at radius 2 is 1.81 bits per heavy atom. The highest BCUT2D eigenvalue weighted by atomic mass is 19.1. The summed E-state index contributed by atoms with van der Waals surface area (Å²) >= 11 is 0. The lowest BCUT2D eigenvalue weighted by Crippen LogP contribution is -2.49. The van der Waals surface area contributed by atoms with Gasteiger partial charge in [-0.1, -0.05) is 6.07 Å². The molecule has 3 rings (SSSR count). The van der Waals surface area contributed by atoms with Crippen LogP contribution in [0.15, 0.2) is 18.2 Å². The van der Waals surface area contributed by atoms with Gasteiger partial charge in [-0.2, -0.15) is 0 Å². The number of carbonyl (C=O) groups excluding carboxylic acids is 1. The van der Waals surface area contributed by atoms with E-state index in [4.69, 9.17) is 0 Å². The number of piperazine rings is 1. The van der Waals surface area contributed by atoms with Crippen molar-refractivity contribution in [3.8, 4) is 0 Å². The fourth-order valence-electron chi connectivity index (χ4n) is 3.13. The van der Waals surface area contributed by atoms with Crippen LogP contribution in [0.4, 0.5) is 8.78 Å². The van der Waals surface area contributed by atoms with Crippen LogP contribution in [0, 0.1) is 11.6 Å². The zero-order valence-corrected chi connectivity index (χ0v) is 11.8. The zero-order valence-electron chi connectivity index (χ0n) is 11.8. The van der Waals surface area contributed by atoms with Gasteiger partial charge in [-0.3, -0.25) is 9.69 Å². The molecule has 2 fully saturated rings. The lowest BCUT2D eigenvalue weighted by atomic mass is 10.1. The molecule has 0 bridgehead atoms. The van der Waals surface area contributed by atoms with Crippen LogP contribution in [0.25, 0.3) is 0 Å². The molecule has 1 unspecified atom stereocenters. The molecule has 2 heterocycles. The second kappa shape index (κ2) is 6.07. The Balaban J connectivity index is 1.69. The topological polar surface area (TPSA) is 35.6 Å². The standard InChI is InChI=1S/C15H19F2N3O/c16-12-2-1-3-13(17)14(12)15(21)20-7-4-11(10-20)19-8-5-18-6-9-19/h1-3,11,18H,4-10H2. The molecule has 2 saturated heterocycles. The van der Waals surface area contributed by atoms with Crippen molar-refractivity contribution >= 4 is 5.91 Å². The molecule has 21 heavy (non-hydrogen) atoms. The summed E-state index contributed by atoms with van der Waals surface area (Å²) in [6.45, 7) is 4.92. The van der Waals surface area contributed by atoms with E-state index in [1.165, 1.54) is 6.07 Å². The molecule has 114 valence electrons. The molecule has 1 amide bonds. The van der Waals surface area contributed by atoms with E-state index in [1.807, 2.05) is 0 Å². The number of nitrogens with one attached hydrogen (secondary N) is 1. The van der Waals surface area contributed by atoms with E-state index < -0.39 is 23.1 Å². The molecule has 0 saturated carbocycles. The Labute approximate surface area is 122 Å². The molecule has 1 atom stereocenters. The van der Waals surface area contributed by atoms with Crippen molar-refractivity contribution < 1.29 is 13.6 Å². The maximum absolute atomic E-state index is 13.7. The normalized spacial score (nSPS) is 23.5. The van der Waals surface area contributed by atoms with Gasteiger partial charge in [0.2, 0.25) is 0 Å². The summed E-state index contributed by atoms with van der Waals surface area (Å²) in [5, 5.41) is 3.29. The van der Waals surface area contributed by atoms with Crippen LogP contribution in [0.1, 0.15) is 16.8 Å². The molecule has 0 aromatic heterocycles. The highest BCUT2D eigenvalue weighted by molar-refractivity contribution is 5.95. The molecule has 2 aliphatic heterocycles. The van der Waals surface area contributed by atoms with Crippen LogP contribution in [0.5, 0.6) is 0 Å². The molecule has 0 aliphatic carbocycles. The Bertz CT molecular complexity index is 511. The van der Waals surface area contributed by atoms with Crippen molar-refractivity contribution in [2.24, 2.45) is 0 Å². The van der Waals surface area contributed by atoms with Crippen LogP contribution >= 0.6 is 0 Å². The van der Waals surface area contributed by atoms with Gasteiger partial charge in [0.15, 0.2) is 0 Å². The lowest BCUT2D eigenvalue weighted by Gasteiger charge is -2.32. The molecule has 0 spiro atoms. The Morgan fingerprint density at radius 3 is 2.48 bits per heavy atom. The minimum Gasteiger partial charge on any atom is -0.337 e. The largest absolute Gasteiger partial charge is 0.337 e. The molecular formula is C15H19F2N3O. The average molecular weight is 295 g/mol. The van der Waals surface area contributed by atoms with Gasteiger partial charge in [-0.25, -0.2) is 8.78 Å². The molecule has 4 nitrogen and oxygen atoms in total. The third kappa shape index (κ3) is 2.91. The summed E-state index contributed by atoms with van der Waals surface area (Å²) in [4.78, 5) is 16.2. The molecule has 6 heteroatoms. The van der Waals surface area contributed by atoms with Crippen molar-refractivity contribution in [3.05, 3.63) is 35.4 Å². The fourth-order valence-corrected chi connectivity index (χ4v) is 3.13. The van der Waals surface area contributed by atoms with E-state index in [9.17, 15) is 13.6 Å². The average Bonchev–Trinajstić information content (AvgIpc) is 2.97. The number of amides is 1. The third-order valence-electron chi connectivity index (χ3n) is 4.30. The monoisotopic (exact) mass is 295 g/mol. The quantitative estimate of drug-likeness (QED) is 0.887. The van der Waals surface area contributed by atoms with Crippen LogP contribution in [0.2, 0.25) is 0 Å². The number of rotatable bonds is 2. The van der Waals surface area contributed by atoms with Crippen molar-refractivity contribution in [1.82, 2.24) is 15.1 Å². The van der Waals surface area contributed by atoms with Crippen molar-refractivity contribution in [3.63, 3.8) is 0 Å². The molecular weight excluding hydrogens is 276 g/mol. The van der Waals surface area contributed by atoms with E-state index >= 15 is 0 Å². The number of likely N-dealkylation sites (tertiary alicyclic amines) is 1. The number of nitrogens with zero attached hydrogens (tertiary/aromatic N) is 2. The van der Waals surface area contributed by atoms with Gasteiger partial charge in [0.05, 0.1) is 0 Å². The van der Waals surface area contributed by atoms with E-state index in [-0.39, 0.29) is 0 Å². The molecule has 1 aromatic carbocycles. The van der Waals surface area contributed by atoms with E-state index in [0.29, 0.717) is 19.1 Å². The van der Waals surface area contributed by atoms with Gasteiger partial charge in [0, 0.05) is 45.3 Å². The second-order valence-corrected chi connectivity index (χ2v) is 5.58. The minimum atomic E-state index is -0.786. The SMILES string of the molecule is O=C(c1c(F)cccc1F)N1CCC(N2CCNCC2)C1. The first-order valence-electron chi connectivity index (χ1n) is 7.35.